The number of aryl methyl sites for hydroxylation is 1. The number of nitrogens with one attached hydrogen (secondary N) is 11. The van der Waals surface area contributed by atoms with Crippen LogP contribution in [0.1, 0.15) is 93.5 Å². The van der Waals surface area contributed by atoms with Crippen molar-refractivity contribution in [3.05, 3.63) is 131 Å². The van der Waals surface area contributed by atoms with Gasteiger partial charge in [-0.1, -0.05) is 84.8 Å². The number of fused-ring (bicyclic) bond motifs is 1. The summed E-state index contributed by atoms with van der Waals surface area (Å²) in [7, 11) is 3.06. The number of aliphatic hydroxyl groups is 2. The van der Waals surface area contributed by atoms with Crippen molar-refractivity contribution in [3.8, 4) is 23.0 Å². The minimum Gasteiger partial charge on any atom is -0.493 e. The summed E-state index contributed by atoms with van der Waals surface area (Å²) < 4.78 is 22.5. The standard InChI is InChI=1S/C73H97ClN18O16S/c1-38(2)31-55-69(101)83-49(19-25-75)64(96)82-52(22-28-78)68(100)91-61(40(4)93)71(103)80-29-23-53(67(99)81-50(20-26-76)66(98)87-56(70(102)86-55)33-42-11-9-8-10-12-42)84-65(97)51(21-27-77)85-72(104)62(41(5)94)90-63(95)44-15-13-43(14-16-44)37-109-73(89-60-32-39(3)108-92-60)88-48-18-17-45(34-47(48)74)107-57-24-30-79-54-36-59(106-7)58(105-6)35-46(54)57/h8-18,24,30,32,34-36,38,40-41,49-53,55-56,61-62,93-94H,19-23,25-29,31,33,37,75-78H2,1-7H3,(H,80,103)(H,81,99)(H,82,96)(H,83,101)(H,84,97)(H,85,104)(H,86,102)(H,87,98)(H,90,95)(H,91,100)(H,88,89,92)/t40-,41+,49+,50+,51-,52+,53-,55+,56-,61+,62+/m1/s1. The lowest BCUT2D eigenvalue weighted by Crippen LogP contribution is -2.61. The zero-order valence-corrected chi connectivity index (χ0v) is 63.1. The second-order valence-electron chi connectivity index (χ2n) is 26.2. The average molecular weight is 1550 g/mol. The number of carbonyl (C=O) groups excluding carboxylic acids is 10. The van der Waals surface area contributed by atoms with Crippen LogP contribution in [0.4, 0.5) is 11.5 Å². The van der Waals surface area contributed by atoms with Crippen LogP contribution in [0.5, 0.6) is 23.0 Å². The molecule has 0 unspecified atom stereocenters. The summed E-state index contributed by atoms with van der Waals surface area (Å²) in [6.07, 6.45) is -2.98. The number of aliphatic hydroxyl groups excluding tert-OH is 2. The Balaban J connectivity index is 1.08. The molecule has 34 nitrogen and oxygen atoms in total. The van der Waals surface area contributed by atoms with E-state index < -0.39 is 139 Å². The molecule has 1 fully saturated rings. The number of thioether (sulfide) groups is 1. The monoisotopic (exact) mass is 1550 g/mol. The van der Waals surface area contributed by atoms with E-state index in [1.807, 2.05) is 0 Å². The second-order valence-corrected chi connectivity index (χ2v) is 27.5. The Labute approximate surface area is 638 Å². The fraction of sp³-hybridized carbons (Fsp3) is 0.438. The first-order chi connectivity index (χ1) is 52.1. The number of hydrogen-bond donors (Lipinski definition) is 17. The van der Waals surface area contributed by atoms with Crippen LogP contribution in [0, 0.1) is 12.8 Å². The maximum absolute atomic E-state index is 14.7. The molecule has 11 atom stereocenters. The average Bonchev–Trinajstić information content (AvgIpc) is 0.943. The van der Waals surface area contributed by atoms with Crippen LogP contribution < -0.4 is 95.6 Å². The molecule has 0 aliphatic carbocycles. The minimum atomic E-state index is -1.71. The molecule has 21 N–H and O–H groups in total. The van der Waals surface area contributed by atoms with E-state index in [1.54, 1.807) is 112 Å². The molecule has 1 aliphatic rings. The minimum absolute atomic E-state index is 0.0346. The van der Waals surface area contributed by atoms with Gasteiger partial charge in [0.15, 0.2) is 22.5 Å². The van der Waals surface area contributed by atoms with Crippen LogP contribution in [-0.4, -0.2) is 198 Å². The topological polar surface area (TPSA) is 527 Å². The molecule has 3 heterocycles. The predicted molar refractivity (Wildman–Crippen MR) is 408 cm³/mol. The van der Waals surface area contributed by atoms with E-state index in [9.17, 15) is 58.2 Å². The van der Waals surface area contributed by atoms with E-state index in [2.05, 4.69) is 73.6 Å². The van der Waals surface area contributed by atoms with Crippen molar-refractivity contribution in [1.82, 2.24) is 63.3 Å². The van der Waals surface area contributed by atoms with E-state index in [1.165, 1.54) is 52.0 Å². The molecule has 109 heavy (non-hydrogen) atoms. The predicted octanol–water partition coefficient (Wildman–Crippen LogP) is 0.969. The van der Waals surface area contributed by atoms with Gasteiger partial charge in [0.2, 0.25) is 53.2 Å². The van der Waals surface area contributed by atoms with Gasteiger partial charge in [0.25, 0.3) is 5.91 Å². The Kier molecular flexibility index (Phi) is 33.3. The first-order valence-corrected chi connectivity index (χ1v) is 36.7. The molecule has 0 spiro atoms. The lowest BCUT2D eigenvalue weighted by molar-refractivity contribution is -0.136. The summed E-state index contributed by atoms with van der Waals surface area (Å²) in [5, 5.41) is 56.2. The zero-order valence-electron chi connectivity index (χ0n) is 61.5. The van der Waals surface area contributed by atoms with Crippen LogP contribution in [0.25, 0.3) is 10.9 Å². The number of nitrogens with zero attached hydrogens (tertiary/aromatic N) is 3. The number of benzene rings is 4. The Bertz CT molecular complexity index is 4160. The highest BCUT2D eigenvalue weighted by molar-refractivity contribution is 8.13. The highest BCUT2D eigenvalue weighted by atomic mass is 35.5. The quantitative estimate of drug-likeness (QED) is 0.0240. The molecule has 1 aliphatic heterocycles. The van der Waals surface area contributed by atoms with Crippen LogP contribution >= 0.6 is 23.4 Å². The van der Waals surface area contributed by atoms with Gasteiger partial charge < -0.3 is 110 Å². The number of carbonyl (C=O) groups is 10. The number of aliphatic imine (C=N–C) groups is 1. The van der Waals surface area contributed by atoms with Crippen molar-refractivity contribution < 1.29 is 76.9 Å². The number of ether oxygens (including phenoxy) is 3. The van der Waals surface area contributed by atoms with Gasteiger partial charge in [-0.3, -0.25) is 52.9 Å². The number of nitrogens with two attached hydrogens (primary N) is 4. The van der Waals surface area contributed by atoms with E-state index in [-0.39, 0.29) is 92.8 Å². The number of methoxy groups -OCH3 is 2. The van der Waals surface area contributed by atoms with Gasteiger partial charge in [0.1, 0.15) is 71.6 Å². The summed E-state index contributed by atoms with van der Waals surface area (Å²) in [5.41, 5.74) is 26.2. The number of pyridine rings is 1. The third-order valence-electron chi connectivity index (χ3n) is 17.1. The number of halogens is 1. The molecule has 7 rings (SSSR count). The number of amides is 10. The van der Waals surface area contributed by atoms with Crippen LogP contribution in [0.15, 0.2) is 113 Å². The van der Waals surface area contributed by atoms with E-state index in [0.717, 1.165) is 0 Å². The molecule has 2 aromatic heterocycles. The van der Waals surface area contributed by atoms with Gasteiger partial charge in [0, 0.05) is 54.1 Å². The summed E-state index contributed by atoms with van der Waals surface area (Å²) in [6.45, 7) is 6.52. The summed E-state index contributed by atoms with van der Waals surface area (Å²) in [4.78, 5) is 152. The van der Waals surface area contributed by atoms with Crippen molar-refractivity contribution >= 4 is 110 Å². The zero-order chi connectivity index (χ0) is 79.4. The van der Waals surface area contributed by atoms with Crippen molar-refractivity contribution in [3.63, 3.8) is 0 Å². The van der Waals surface area contributed by atoms with Gasteiger partial charge >= 0.3 is 0 Å². The summed E-state index contributed by atoms with van der Waals surface area (Å²) in [6, 6.07) is 13.1. The molecule has 10 amide bonds. The molecular formula is C73H97ClN18O16S. The Morgan fingerprint density at radius 3 is 1.84 bits per heavy atom. The molecule has 0 bridgehead atoms. The molecule has 4 aromatic carbocycles. The van der Waals surface area contributed by atoms with Crippen LogP contribution in [0.3, 0.4) is 0 Å². The number of aromatic nitrogens is 2. The highest BCUT2D eigenvalue weighted by Crippen LogP contribution is 2.38. The van der Waals surface area contributed by atoms with Gasteiger partial charge in [-0.2, -0.15) is 0 Å². The third-order valence-corrected chi connectivity index (χ3v) is 18.4. The van der Waals surface area contributed by atoms with Crippen molar-refractivity contribution in [2.75, 3.05) is 52.3 Å². The Morgan fingerprint density at radius 2 is 1.27 bits per heavy atom. The van der Waals surface area contributed by atoms with Gasteiger partial charge in [-0.05, 0) is 139 Å². The molecule has 588 valence electrons. The van der Waals surface area contributed by atoms with E-state index in [4.69, 9.17) is 53.3 Å². The highest BCUT2D eigenvalue weighted by Gasteiger charge is 2.37. The van der Waals surface area contributed by atoms with E-state index >= 15 is 0 Å². The Morgan fingerprint density at radius 1 is 0.670 bits per heavy atom. The summed E-state index contributed by atoms with van der Waals surface area (Å²) in [5.74, 6) is -6.57. The van der Waals surface area contributed by atoms with E-state index in [0.29, 0.717) is 61.6 Å². The SMILES string of the molecule is COc1cc2nccc(Oc3ccc(NC(=Nc4cc(C)on4)SCc4ccc(C(=O)N[C@H](C(=O)N[C@H](CCN)C(=O)N[C@@H]5CCNC(=O)[C@H]([C@@H](C)O)NC(=O)[C@H](CCN)NC(=O)[C@H](CCN)NC(=O)[C@H](CC(C)C)NC(=O)[C@@H](Cc6ccccc6)NC(=O)[C@H](CCN)NC5=O)[C@H](C)O)cc4)c(Cl)c3)c2cc1OC. The number of amidine groups is 1. The fourth-order valence-corrected chi connectivity index (χ4v) is 12.4. The van der Waals surface area contributed by atoms with Gasteiger partial charge in [0.05, 0.1) is 42.7 Å². The Hall–Kier alpha value is -10.5. The van der Waals surface area contributed by atoms with Gasteiger partial charge in [-0.15, -0.1) is 0 Å². The van der Waals surface area contributed by atoms with Crippen molar-refractivity contribution in [1.29, 1.82) is 0 Å². The lowest BCUT2D eigenvalue weighted by Gasteiger charge is -2.28. The van der Waals surface area contributed by atoms with Crippen LogP contribution in [-0.2, 0) is 55.3 Å². The molecule has 36 heteroatoms. The maximum atomic E-state index is 14.7. The maximum Gasteiger partial charge on any atom is 0.252 e. The third kappa shape index (κ3) is 25.5. The van der Waals surface area contributed by atoms with Gasteiger partial charge in [-0.25, -0.2) is 4.99 Å². The lowest BCUT2D eigenvalue weighted by atomic mass is 10.00. The van der Waals surface area contributed by atoms with Crippen molar-refractivity contribution in [2.24, 2.45) is 33.8 Å². The first-order valence-electron chi connectivity index (χ1n) is 35.4. The number of anilines is 1. The number of hydrogen-bond acceptors (Lipinski definition) is 24. The number of rotatable bonds is 28. The van der Waals surface area contributed by atoms with Crippen LogP contribution in [0.2, 0.25) is 5.02 Å². The smallest absolute Gasteiger partial charge is 0.252 e. The first kappa shape index (κ1) is 85.7. The molecule has 0 saturated carbocycles. The second kappa shape index (κ2) is 42.3. The molecular weight excluding hydrogens is 1450 g/mol. The summed E-state index contributed by atoms with van der Waals surface area (Å²) >= 11 is 8.13. The fourth-order valence-electron chi connectivity index (χ4n) is 11.4. The molecule has 0 radical (unpaired) electrons. The largest absolute Gasteiger partial charge is 0.493 e. The van der Waals surface area contributed by atoms with Crippen molar-refractivity contribution in [2.45, 2.75) is 152 Å². The normalized spacial score (nSPS) is 19.9. The molecule has 1 saturated heterocycles. The molecule has 6 aromatic rings.